The maximum Gasteiger partial charge on any atom is 0.0789 e. The van der Waals surface area contributed by atoms with E-state index in [1.807, 2.05) is 7.05 Å². The molecule has 3 nitrogen and oxygen atoms in total. The van der Waals surface area contributed by atoms with Crippen molar-refractivity contribution < 1.29 is 5.11 Å². The van der Waals surface area contributed by atoms with E-state index in [9.17, 15) is 5.11 Å². The molecule has 1 atom stereocenters. The van der Waals surface area contributed by atoms with E-state index in [-0.39, 0.29) is 0 Å². The maximum atomic E-state index is 9.46. The highest BCUT2D eigenvalue weighted by Crippen LogP contribution is 2.12. The van der Waals surface area contributed by atoms with E-state index in [2.05, 4.69) is 36.9 Å². The number of aliphatic hydroxyl groups excluding tert-OH is 1. The van der Waals surface area contributed by atoms with Gasteiger partial charge in [0.2, 0.25) is 0 Å². The van der Waals surface area contributed by atoms with Crippen molar-refractivity contribution in [2.75, 3.05) is 20.1 Å². The van der Waals surface area contributed by atoms with Gasteiger partial charge in [-0.05, 0) is 32.0 Å². The largest absolute Gasteiger partial charge is 0.390 e. The van der Waals surface area contributed by atoms with Gasteiger partial charge in [0, 0.05) is 19.6 Å². The Morgan fingerprint density at radius 3 is 2.69 bits per heavy atom. The molecular formula is C13H22N2O. The summed E-state index contributed by atoms with van der Waals surface area (Å²) in [7, 11) is 2.00. The summed E-state index contributed by atoms with van der Waals surface area (Å²) in [5.74, 6) is 0. The van der Waals surface area contributed by atoms with Crippen LogP contribution in [-0.4, -0.2) is 36.2 Å². The molecule has 1 unspecified atom stereocenters. The topological polar surface area (TPSA) is 49.5 Å². The summed E-state index contributed by atoms with van der Waals surface area (Å²) in [4.78, 5) is 2.10. The standard InChI is InChI=1S/C13H22N2O/c1-10-4-5-11(2)12(6-10)8-15(3)9-13(16)7-14/h4-6,13,16H,7-9,14H2,1-3H3. The Morgan fingerprint density at radius 1 is 1.38 bits per heavy atom. The minimum absolute atomic E-state index is 0.317. The Balaban J connectivity index is 2.61. The zero-order chi connectivity index (χ0) is 12.1. The molecule has 0 aliphatic carbocycles. The fraction of sp³-hybridized carbons (Fsp3) is 0.538. The van der Waals surface area contributed by atoms with Crippen LogP contribution >= 0.6 is 0 Å². The molecule has 1 rings (SSSR count). The van der Waals surface area contributed by atoms with Crippen LogP contribution in [0.25, 0.3) is 0 Å². The molecular weight excluding hydrogens is 200 g/mol. The molecule has 1 aromatic rings. The van der Waals surface area contributed by atoms with Gasteiger partial charge in [0.05, 0.1) is 6.10 Å². The van der Waals surface area contributed by atoms with Crippen molar-refractivity contribution in [1.29, 1.82) is 0 Å². The van der Waals surface area contributed by atoms with Crippen LogP contribution < -0.4 is 5.73 Å². The van der Waals surface area contributed by atoms with Crippen LogP contribution in [0.3, 0.4) is 0 Å². The third-order valence-corrected chi connectivity index (χ3v) is 2.74. The van der Waals surface area contributed by atoms with Gasteiger partial charge < -0.3 is 10.8 Å². The number of rotatable bonds is 5. The smallest absolute Gasteiger partial charge is 0.0789 e. The lowest BCUT2D eigenvalue weighted by Gasteiger charge is -2.20. The van der Waals surface area contributed by atoms with Gasteiger partial charge >= 0.3 is 0 Å². The fourth-order valence-corrected chi connectivity index (χ4v) is 1.76. The Bertz CT molecular complexity index is 339. The molecule has 0 aliphatic rings. The van der Waals surface area contributed by atoms with Gasteiger partial charge in [-0.3, -0.25) is 4.90 Å². The highest BCUT2D eigenvalue weighted by molar-refractivity contribution is 5.30. The van der Waals surface area contributed by atoms with Gasteiger partial charge in [0.1, 0.15) is 0 Å². The summed E-state index contributed by atoms with van der Waals surface area (Å²) < 4.78 is 0. The number of benzene rings is 1. The van der Waals surface area contributed by atoms with Gasteiger partial charge in [-0.1, -0.05) is 23.8 Å². The predicted octanol–water partition coefficient (Wildman–Crippen LogP) is 1.05. The van der Waals surface area contributed by atoms with Crippen molar-refractivity contribution in [3.8, 4) is 0 Å². The van der Waals surface area contributed by atoms with E-state index < -0.39 is 6.10 Å². The summed E-state index contributed by atoms with van der Waals surface area (Å²) >= 11 is 0. The summed E-state index contributed by atoms with van der Waals surface area (Å²) in [6, 6.07) is 6.45. The number of aliphatic hydroxyl groups is 1. The molecule has 0 spiro atoms. The maximum absolute atomic E-state index is 9.46. The SMILES string of the molecule is Cc1ccc(C)c(CN(C)CC(O)CN)c1. The first kappa shape index (κ1) is 13.2. The molecule has 3 heteroatoms. The highest BCUT2D eigenvalue weighted by atomic mass is 16.3. The number of likely N-dealkylation sites (N-methyl/N-ethyl adjacent to an activating group) is 1. The van der Waals surface area contributed by atoms with E-state index in [1.165, 1.54) is 16.7 Å². The molecule has 0 heterocycles. The van der Waals surface area contributed by atoms with E-state index >= 15 is 0 Å². The van der Waals surface area contributed by atoms with Crippen molar-refractivity contribution in [2.24, 2.45) is 5.73 Å². The van der Waals surface area contributed by atoms with Crippen molar-refractivity contribution >= 4 is 0 Å². The summed E-state index contributed by atoms with van der Waals surface area (Å²) in [5.41, 5.74) is 9.27. The first-order valence-corrected chi connectivity index (χ1v) is 5.65. The molecule has 0 radical (unpaired) electrons. The van der Waals surface area contributed by atoms with Crippen molar-refractivity contribution in [3.05, 3.63) is 34.9 Å². The molecule has 0 amide bonds. The lowest BCUT2D eigenvalue weighted by molar-refractivity contribution is 0.129. The lowest BCUT2D eigenvalue weighted by atomic mass is 10.1. The van der Waals surface area contributed by atoms with Crippen LogP contribution in [0.15, 0.2) is 18.2 Å². The summed E-state index contributed by atoms with van der Waals surface area (Å²) in [6.45, 7) is 5.99. The Kier molecular flexibility index (Phi) is 4.93. The normalized spacial score (nSPS) is 13.1. The quantitative estimate of drug-likeness (QED) is 0.783. The first-order valence-electron chi connectivity index (χ1n) is 5.65. The monoisotopic (exact) mass is 222 g/mol. The number of nitrogens with zero attached hydrogens (tertiary/aromatic N) is 1. The number of aryl methyl sites for hydroxylation is 2. The average Bonchev–Trinajstić information content (AvgIpc) is 2.23. The third kappa shape index (κ3) is 3.93. The van der Waals surface area contributed by atoms with Crippen molar-refractivity contribution in [3.63, 3.8) is 0 Å². The number of hydrogen-bond acceptors (Lipinski definition) is 3. The van der Waals surface area contributed by atoms with Gasteiger partial charge in [0.25, 0.3) is 0 Å². The van der Waals surface area contributed by atoms with E-state index in [4.69, 9.17) is 5.73 Å². The second kappa shape index (κ2) is 5.99. The highest BCUT2D eigenvalue weighted by Gasteiger charge is 2.08. The minimum Gasteiger partial charge on any atom is -0.390 e. The molecule has 1 aromatic carbocycles. The van der Waals surface area contributed by atoms with Crippen molar-refractivity contribution in [2.45, 2.75) is 26.5 Å². The average molecular weight is 222 g/mol. The third-order valence-electron chi connectivity index (χ3n) is 2.74. The number of nitrogens with two attached hydrogens (primary N) is 1. The van der Waals surface area contributed by atoms with Gasteiger partial charge in [0.15, 0.2) is 0 Å². The van der Waals surface area contributed by atoms with E-state index in [0.717, 1.165) is 6.54 Å². The zero-order valence-corrected chi connectivity index (χ0v) is 10.4. The van der Waals surface area contributed by atoms with Crippen LogP contribution in [0.4, 0.5) is 0 Å². The van der Waals surface area contributed by atoms with Crippen LogP contribution in [0, 0.1) is 13.8 Å². The number of hydrogen-bond donors (Lipinski definition) is 2. The summed E-state index contributed by atoms with van der Waals surface area (Å²) in [5, 5.41) is 9.46. The molecule has 0 saturated carbocycles. The van der Waals surface area contributed by atoms with Crippen LogP contribution in [-0.2, 0) is 6.54 Å². The molecule has 90 valence electrons. The Morgan fingerprint density at radius 2 is 2.06 bits per heavy atom. The first-order chi connectivity index (χ1) is 7.52. The summed E-state index contributed by atoms with van der Waals surface area (Å²) in [6.07, 6.45) is -0.435. The molecule has 3 N–H and O–H groups in total. The Hall–Kier alpha value is -0.900. The van der Waals surface area contributed by atoms with Crippen LogP contribution in [0.1, 0.15) is 16.7 Å². The van der Waals surface area contributed by atoms with Crippen LogP contribution in [0.5, 0.6) is 0 Å². The van der Waals surface area contributed by atoms with Gasteiger partial charge in [-0.2, -0.15) is 0 Å². The second-order valence-corrected chi connectivity index (χ2v) is 4.52. The fourth-order valence-electron chi connectivity index (χ4n) is 1.76. The Labute approximate surface area is 97.9 Å². The predicted molar refractivity (Wildman–Crippen MR) is 67.3 cm³/mol. The molecule has 0 fully saturated rings. The molecule has 0 aromatic heterocycles. The van der Waals surface area contributed by atoms with E-state index in [1.54, 1.807) is 0 Å². The van der Waals surface area contributed by atoms with Gasteiger partial charge in [-0.15, -0.1) is 0 Å². The lowest BCUT2D eigenvalue weighted by Crippen LogP contribution is -2.33. The second-order valence-electron chi connectivity index (χ2n) is 4.52. The minimum atomic E-state index is -0.435. The molecule has 0 bridgehead atoms. The van der Waals surface area contributed by atoms with E-state index in [0.29, 0.717) is 13.1 Å². The molecule has 0 aliphatic heterocycles. The van der Waals surface area contributed by atoms with Gasteiger partial charge in [-0.25, -0.2) is 0 Å². The molecule has 16 heavy (non-hydrogen) atoms. The zero-order valence-electron chi connectivity index (χ0n) is 10.4. The van der Waals surface area contributed by atoms with Crippen LogP contribution in [0.2, 0.25) is 0 Å². The molecule has 0 saturated heterocycles. The van der Waals surface area contributed by atoms with Crippen molar-refractivity contribution in [1.82, 2.24) is 4.90 Å².